The molecule has 3 N–H and O–H groups in total. The molecule has 1 atom stereocenters. The Labute approximate surface area is 141 Å². The molecule has 0 bridgehead atoms. The molecule has 1 aromatic heterocycles. The number of aryl methyl sites for hydroxylation is 1. The first-order valence-electron chi connectivity index (χ1n) is 8.48. The average molecular weight is 319 g/mol. The lowest BCUT2D eigenvalue weighted by molar-refractivity contribution is 0.237. The first kappa shape index (κ1) is 14.8. The van der Waals surface area contributed by atoms with Gasteiger partial charge in [-0.1, -0.05) is 42.5 Å². The summed E-state index contributed by atoms with van der Waals surface area (Å²) in [6.45, 7) is 0.627. The minimum atomic E-state index is -0.0865. The van der Waals surface area contributed by atoms with Gasteiger partial charge in [-0.3, -0.25) is 0 Å². The van der Waals surface area contributed by atoms with Crippen molar-refractivity contribution < 1.29 is 4.79 Å². The summed E-state index contributed by atoms with van der Waals surface area (Å²) in [5.41, 5.74) is 4.97. The van der Waals surface area contributed by atoms with Crippen LogP contribution in [0.4, 0.5) is 4.79 Å². The number of fused-ring (bicyclic) bond motifs is 2. The second-order valence-electron chi connectivity index (χ2n) is 6.30. The highest BCUT2D eigenvalue weighted by molar-refractivity contribution is 5.83. The summed E-state index contributed by atoms with van der Waals surface area (Å²) >= 11 is 0. The predicted molar refractivity (Wildman–Crippen MR) is 96.0 cm³/mol. The highest BCUT2D eigenvalue weighted by Crippen LogP contribution is 2.30. The summed E-state index contributed by atoms with van der Waals surface area (Å²) in [4.78, 5) is 15.4. The fourth-order valence-corrected chi connectivity index (χ4v) is 3.57. The standard InChI is InChI=1S/C20H21N3O/c24-20(23-19-10-9-14-5-1-2-6-16(14)19)21-12-11-15-13-22-18-8-4-3-7-17(15)18/h1-8,13,19,22H,9-12H2,(H2,21,23,24). The van der Waals surface area contributed by atoms with Crippen LogP contribution in [0.2, 0.25) is 0 Å². The predicted octanol–water partition coefficient (Wildman–Crippen LogP) is 3.70. The largest absolute Gasteiger partial charge is 0.361 e. The molecule has 122 valence electrons. The summed E-state index contributed by atoms with van der Waals surface area (Å²) in [6.07, 6.45) is 4.86. The van der Waals surface area contributed by atoms with E-state index in [1.165, 1.54) is 22.1 Å². The molecule has 1 aliphatic rings. The van der Waals surface area contributed by atoms with Gasteiger partial charge in [-0.05, 0) is 42.0 Å². The number of aromatic amines is 1. The van der Waals surface area contributed by atoms with E-state index in [1.807, 2.05) is 24.4 Å². The zero-order valence-corrected chi connectivity index (χ0v) is 13.5. The number of H-pyrrole nitrogens is 1. The molecule has 4 rings (SSSR count). The number of para-hydroxylation sites is 1. The van der Waals surface area contributed by atoms with Gasteiger partial charge in [0, 0.05) is 23.6 Å². The third-order valence-electron chi connectivity index (χ3n) is 4.79. The Bertz CT molecular complexity index is 868. The molecule has 0 radical (unpaired) electrons. The maximum atomic E-state index is 12.2. The molecule has 0 aliphatic heterocycles. The normalized spacial score (nSPS) is 16.1. The minimum absolute atomic E-state index is 0.0865. The number of rotatable bonds is 4. The van der Waals surface area contributed by atoms with Crippen LogP contribution in [-0.4, -0.2) is 17.6 Å². The lowest BCUT2D eigenvalue weighted by atomic mass is 10.1. The number of nitrogens with one attached hydrogen (secondary N) is 3. The van der Waals surface area contributed by atoms with Gasteiger partial charge < -0.3 is 15.6 Å². The minimum Gasteiger partial charge on any atom is -0.361 e. The molecule has 2 aromatic carbocycles. The van der Waals surface area contributed by atoms with E-state index in [0.29, 0.717) is 6.54 Å². The van der Waals surface area contributed by atoms with E-state index >= 15 is 0 Å². The first-order valence-corrected chi connectivity index (χ1v) is 8.48. The van der Waals surface area contributed by atoms with E-state index in [2.05, 4.69) is 45.9 Å². The third-order valence-corrected chi connectivity index (χ3v) is 4.79. The van der Waals surface area contributed by atoms with Gasteiger partial charge >= 0.3 is 6.03 Å². The van der Waals surface area contributed by atoms with Gasteiger partial charge in [0.2, 0.25) is 0 Å². The van der Waals surface area contributed by atoms with Crippen molar-refractivity contribution in [1.29, 1.82) is 0 Å². The van der Waals surface area contributed by atoms with E-state index in [0.717, 1.165) is 24.8 Å². The van der Waals surface area contributed by atoms with Gasteiger partial charge in [0.1, 0.15) is 0 Å². The van der Waals surface area contributed by atoms with Gasteiger partial charge in [-0.2, -0.15) is 0 Å². The number of hydrogen-bond donors (Lipinski definition) is 3. The van der Waals surface area contributed by atoms with Crippen molar-refractivity contribution in [2.45, 2.75) is 25.3 Å². The monoisotopic (exact) mass is 319 g/mol. The van der Waals surface area contributed by atoms with Gasteiger partial charge in [0.05, 0.1) is 6.04 Å². The number of benzene rings is 2. The second kappa shape index (κ2) is 6.40. The van der Waals surface area contributed by atoms with Crippen molar-refractivity contribution in [3.05, 3.63) is 71.4 Å². The van der Waals surface area contributed by atoms with Crippen LogP contribution in [0.3, 0.4) is 0 Å². The molecule has 0 fully saturated rings. The molecule has 0 saturated carbocycles. The van der Waals surface area contributed by atoms with Crippen molar-refractivity contribution in [2.75, 3.05) is 6.54 Å². The van der Waals surface area contributed by atoms with Crippen molar-refractivity contribution >= 4 is 16.9 Å². The van der Waals surface area contributed by atoms with Crippen molar-refractivity contribution in [2.24, 2.45) is 0 Å². The Morgan fingerprint density at radius 2 is 1.96 bits per heavy atom. The quantitative estimate of drug-likeness (QED) is 0.675. The Kier molecular flexibility index (Phi) is 3.95. The van der Waals surface area contributed by atoms with Crippen LogP contribution in [0.25, 0.3) is 10.9 Å². The number of hydrogen-bond acceptors (Lipinski definition) is 1. The smallest absolute Gasteiger partial charge is 0.315 e. The zero-order chi connectivity index (χ0) is 16.4. The maximum Gasteiger partial charge on any atom is 0.315 e. The van der Waals surface area contributed by atoms with E-state index < -0.39 is 0 Å². The fourth-order valence-electron chi connectivity index (χ4n) is 3.57. The van der Waals surface area contributed by atoms with Crippen molar-refractivity contribution in [3.8, 4) is 0 Å². The Balaban J connectivity index is 1.31. The number of amides is 2. The lowest BCUT2D eigenvalue weighted by Crippen LogP contribution is -2.38. The molecule has 1 unspecified atom stereocenters. The molecule has 1 heterocycles. The molecule has 0 saturated heterocycles. The van der Waals surface area contributed by atoms with E-state index in [-0.39, 0.29) is 12.1 Å². The van der Waals surface area contributed by atoms with Gasteiger partial charge in [0.15, 0.2) is 0 Å². The van der Waals surface area contributed by atoms with Crippen molar-refractivity contribution in [3.63, 3.8) is 0 Å². The van der Waals surface area contributed by atoms with Crippen LogP contribution in [0.15, 0.2) is 54.7 Å². The van der Waals surface area contributed by atoms with Crippen LogP contribution in [0.1, 0.15) is 29.2 Å². The fraction of sp³-hybridized carbons (Fsp3) is 0.250. The Hall–Kier alpha value is -2.75. The van der Waals surface area contributed by atoms with E-state index in [1.54, 1.807) is 0 Å². The highest BCUT2D eigenvalue weighted by atomic mass is 16.2. The molecule has 2 amide bonds. The first-order chi connectivity index (χ1) is 11.8. The van der Waals surface area contributed by atoms with Crippen LogP contribution < -0.4 is 10.6 Å². The van der Waals surface area contributed by atoms with Crippen LogP contribution in [0.5, 0.6) is 0 Å². The third kappa shape index (κ3) is 2.87. The molecule has 3 aromatic rings. The van der Waals surface area contributed by atoms with Gasteiger partial charge in [-0.15, -0.1) is 0 Å². The van der Waals surface area contributed by atoms with E-state index in [9.17, 15) is 4.79 Å². The number of aromatic nitrogens is 1. The second-order valence-corrected chi connectivity index (χ2v) is 6.30. The van der Waals surface area contributed by atoms with Crippen LogP contribution in [0, 0.1) is 0 Å². The summed E-state index contributed by atoms with van der Waals surface area (Å²) in [5, 5.41) is 7.30. The Morgan fingerprint density at radius 1 is 1.12 bits per heavy atom. The van der Waals surface area contributed by atoms with Crippen LogP contribution in [-0.2, 0) is 12.8 Å². The topological polar surface area (TPSA) is 56.9 Å². The van der Waals surface area contributed by atoms with E-state index in [4.69, 9.17) is 0 Å². The summed E-state index contributed by atoms with van der Waals surface area (Å²) in [5.74, 6) is 0. The average Bonchev–Trinajstić information content (AvgIpc) is 3.20. The lowest BCUT2D eigenvalue weighted by Gasteiger charge is -2.14. The molecule has 0 spiro atoms. The molecular weight excluding hydrogens is 298 g/mol. The van der Waals surface area contributed by atoms with Crippen LogP contribution >= 0.6 is 0 Å². The Morgan fingerprint density at radius 3 is 2.92 bits per heavy atom. The molecule has 4 nitrogen and oxygen atoms in total. The number of carbonyl (C=O) groups is 1. The van der Waals surface area contributed by atoms with Gasteiger partial charge in [0.25, 0.3) is 0 Å². The molecule has 1 aliphatic carbocycles. The van der Waals surface area contributed by atoms with Crippen molar-refractivity contribution in [1.82, 2.24) is 15.6 Å². The maximum absolute atomic E-state index is 12.2. The van der Waals surface area contributed by atoms with Gasteiger partial charge in [-0.25, -0.2) is 4.79 Å². The molecular formula is C20H21N3O. The molecule has 4 heteroatoms. The molecule has 24 heavy (non-hydrogen) atoms. The number of carbonyl (C=O) groups excluding carboxylic acids is 1. The SMILES string of the molecule is O=C(NCCc1c[nH]c2ccccc12)NC1CCc2ccccc21. The highest BCUT2D eigenvalue weighted by Gasteiger charge is 2.23. The summed E-state index contributed by atoms with van der Waals surface area (Å²) in [7, 11) is 0. The zero-order valence-electron chi connectivity index (χ0n) is 13.5. The summed E-state index contributed by atoms with van der Waals surface area (Å²) in [6, 6.07) is 16.6. The number of urea groups is 1. The summed E-state index contributed by atoms with van der Waals surface area (Å²) < 4.78 is 0.